The van der Waals surface area contributed by atoms with Crippen LogP contribution < -0.4 is 10.2 Å². The number of amides is 1. The standard InChI is InChI=1S/C21H21F4N3O2/c1-3-28(9-10-30-2)18-8-7-13(11-15(18)21(23,24)25)26-12-14-19-16(22)5-4-6-17(19)27-20(14)29/h4-8,11-12,14H,3,9-10H2,1-2H3,(H,27,29). The zero-order valence-corrected chi connectivity index (χ0v) is 16.5. The average Bonchev–Trinajstić information content (AvgIpc) is 3.03. The molecule has 0 saturated heterocycles. The van der Waals surface area contributed by atoms with Gasteiger partial charge in [-0.15, -0.1) is 0 Å². The number of carbonyl (C=O) groups is 1. The molecule has 9 heteroatoms. The minimum atomic E-state index is -4.59. The highest BCUT2D eigenvalue weighted by Crippen LogP contribution is 2.39. The van der Waals surface area contributed by atoms with Crippen LogP contribution in [-0.2, 0) is 15.7 Å². The van der Waals surface area contributed by atoms with Crippen molar-refractivity contribution < 1.29 is 27.1 Å². The summed E-state index contributed by atoms with van der Waals surface area (Å²) >= 11 is 0. The fourth-order valence-electron chi connectivity index (χ4n) is 3.36. The van der Waals surface area contributed by atoms with Gasteiger partial charge in [-0.2, -0.15) is 13.2 Å². The molecule has 0 aromatic heterocycles. The van der Waals surface area contributed by atoms with Gasteiger partial charge in [-0.05, 0) is 37.3 Å². The monoisotopic (exact) mass is 423 g/mol. The predicted octanol–water partition coefficient (Wildman–Crippen LogP) is 4.76. The number of hydrogen-bond acceptors (Lipinski definition) is 4. The van der Waals surface area contributed by atoms with Crippen LogP contribution in [0.15, 0.2) is 41.4 Å². The third-order valence-corrected chi connectivity index (χ3v) is 4.85. The number of anilines is 2. The Hall–Kier alpha value is -2.94. The van der Waals surface area contributed by atoms with Gasteiger partial charge >= 0.3 is 6.18 Å². The molecular weight excluding hydrogens is 402 g/mol. The van der Waals surface area contributed by atoms with Crippen molar-refractivity contribution >= 4 is 29.2 Å². The molecule has 0 bridgehead atoms. The molecule has 2 aromatic rings. The number of rotatable bonds is 7. The van der Waals surface area contributed by atoms with E-state index in [1.165, 1.54) is 37.6 Å². The molecule has 0 spiro atoms. The Morgan fingerprint density at radius 2 is 2.03 bits per heavy atom. The van der Waals surface area contributed by atoms with Crippen molar-refractivity contribution in [1.82, 2.24) is 0 Å². The van der Waals surface area contributed by atoms with Crippen molar-refractivity contribution in [2.24, 2.45) is 4.99 Å². The molecule has 2 aromatic carbocycles. The highest BCUT2D eigenvalue weighted by molar-refractivity contribution is 6.12. The van der Waals surface area contributed by atoms with Crippen LogP contribution in [0.4, 0.5) is 34.6 Å². The van der Waals surface area contributed by atoms with Gasteiger partial charge in [-0.3, -0.25) is 9.79 Å². The first kappa shape index (κ1) is 21.8. The van der Waals surface area contributed by atoms with Gasteiger partial charge in [0.2, 0.25) is 5.91 Å². The van der Waals surface area contributed by atoms with E-state index in [0.717, 1.165) is 6.07 Å². The van der Waals surface area contributed by atoms with Gasteiger partial charge in [0.05, 0.1) is 17.9 Å². The molecule has 0 saturated carbocycles. The number of carbonyl (C=O) groups excluding carboxylic acids is 1. The summed E-state index contributed by atoms with van der Waals surface area (Å²) in [5.74, 6) is -2.07. The molecule has 1 aliphatic rings. The van der Waals surface area contributed by atoms with Crippen LogP contribution in [0.2, 0.25) is 0 Å². The minimum Gasteiger partial charge on any atom is -0.383 e. The summed E-state index contributed by atoms with van der Waals surface area (Å²) in [5.41, 5.74) is -0.324. The van der Waals surface area contributed by atoms with E-state index in [1.807, 2.05) is 0 Å². The summed E-state index contributed by atoms with van der Waals surface area (Å²) in [6, 6.07) is 7.95. The Balaban J connectivity index is 1.94. The first-order chi connectivity index (χ1) is 14.3. The average molecular weight is 423 g/mol. The molecule has 0 radical (unpaired) electrons. The maximum atomic E-state index is 14.1. The van der Waals surface area contributed by atoms with Crippen molar-refractivity contribution in [3.63, 3.8) is 0 Å². The van der Waals surface area contributed by atoms with Gasteiger partial charge in [-0.1, -0.05) is 6.07 Å². The van der Waals surface area contributed by atoms with Gasteiger partial charge < -0.3 is 15.0 Å². The minimum absolute atomic E-state index is 0.0199. The van der Waals surface area contributed by atoms with E-state index in [2.05, 4.69) is 10.3 Å². The molecule has 3 rings (SSSR count). The third kappa shape index (κ3) is 4.46. The number of hydrogen-bond donors (Lipinski definition) is 1. The number of aliphatic imine (C=N–C) groups is 1. The number of halogens is 4. The van der Waals surface area contributed by atoms with Crippen LogP contribution in [0.25, 0.3) is 0 Å². The summed E-state index contributed by atoms with van der Waals surface area (Å²) in [6.45, 7) is 2.71. The zero-order valence-electron chi connectivity index (χ0n) is 16.5. The molecule has 160 valence electrons. The lowest BCUT2D eigenvalue weighted by Crippen LogP contribution is -2.29. The summed E-state index contributed by atoms with van der Waals surface area (Å²) in [5, 5.41) is 2.54. The van der Waals surface area contributed by atoms with E-state index < -0.39 is 29.4 Å². The van der Waals surface area contributed by atoms with Crippen molar-refractivity contribution in [2.75, 3.05) is 37.0 Å². The van der Waals surface area contributed by atoms with Gasteiger partial charge in [0.1, 0.15) is 11.7 Å². The first-order valence-corrected chi connectivity index (χ1v) is 9.34. The lowest BCUT2D eigenvalue weighted by molar-refractivity contribution is -0.137. The quantitative estimate of drug-likeness (QED) is 0.516. The van der Waals surface area contributed by atoms with Gasteiger partial charge in [0.25, 0.3) is 0 Å². The number of nitrogens with one attached hydrogen (secondary N) is 1. The van der Waals surface area contributed by atoms with E-state index >= 15 is 0 Å². The number of benzene rings is 2. The molecule has 1 amide bonds. The molecule has 1 aliphatic heterocycles. The second-order valence-corrected chi connectivity index (χ2v) is 6.72. The summed E-state index contributed by atoms with van der Waals surface area (Å²) in [6.07, 6.45) is -3.42. The third-order valence-electron chi connectivity index (χ3n) is 4.85. The van der Waals surface area contributed by atoms with E-state index in [1.54, 1.807) is 17.9 Å². The molecule has 1 heterocycles. The lowest BCUT2D eigenvalue weighted by atomic mass is 10.0. The fraction of sp³-hybridized carbons (Fsp3) is 0.333. The second-order valence-electron chi connectivity index (χ2n) is 6.72. The molecule has 30 heavy (non-hydrogen) atoms. The maximum Gasteiger partial charge on any atom is 0.418 e. The molecule has 0 fully saturated rings. The molecule has 1 unspecified atom stereocenters. The fourth-order valence-corrected chi connectivity index (χ4v) is 3.36. The highest BCUT2D eigenvalue weighted by atomic mass is 19.4. The molecule has 0 aliphatic carbocycles. The molecule has 5 nitrogen and oxygen atoms in total. The maximum absolute atomic E-state index is 14.1. The largest absolute Gasteiger partial charge is 0.418 e. The van der Waals surface area contributed by atoms with E-state index in [-0.39, 0.29) is 23.5 Å². The van der Waals surface area contributed by atoms with Crippen LogP contribution in [0.1, 0.15) is 24.0 Å². The molecule has 1 N–H and O–H groups in total. The van der Waals surface area contributed by atoms with Crippen LogP contribution in [0.3, 0.4) is 0 Å². The van der Waals surface area contributed by atoms with Crippen molar-refractivity contribution in [3.8, 4) is 0 Å². The van der Waals surface area contributed by atoms with Gasteiger partial charge in [-0.25, -0.2) is 4.39 Å². The van der Waals surface area contributed by atoms with E-state index in [4.69, 9.17) is 4.74 Å². The van der Waals surface area contributed by atoms with Crippen molar-refractivity contribution in [3.05, 3.63) is 53.3 Å². The van der Waals surface area contributed by atoms with Crippen LogP contribution in [-0.4, -0.2) is 38.9 Å². The second kappa shape index (κ2) is 8.83. The smallest absolute Gasteiger partial charge is 0.383 e. The highest BCUT2D eigenvalue weighted by Gasteiger charge is 2.35. The number of ether oxygens (including phenoxy) is 1. The summed E-state index contributed by atoms with van der Waals surface area (Å²) < 4.78 is 60.1. The van der Waals surface area contributed by atoms with Crippen molar-refractivity contribution in [2.45, 2.75) is 19.0 Å². The number of nitrogens with zero attached hydrogens (tertiary/aromatic N) is 2. The number of likely N-dealkylation sites (N-methyl/N-ethyl adjacent to an activating group) is 1. The van der Waals surface area contributed by atoms with Crippen LogP contribution in [0.5, 0.6) is 0 Å². The van der Waals surface area contributed by atoms with E-state index in [9.17, 15) is 22.4 Å². The molecule has 1 atom stereocenters. The number of fused-ring (bicyclic) bond motifs is 1. The Morgan fingerprint density at radius 1 is 1.27 bits per heavy atom. The van der Waals surface area contributed by atoms with Gasteiger partial charge in [0.15, 0.2) is 0 Å². The van der Waals surface area contributed by atoms with Crippen LogP contribution >= 0.6 is 0 Å². The summed E-state index contributed by atoms with van der Waals surface area (Å²) in [4.78, 5) is 17.8. The SMILES string of the molecule is CCN(CCOC)c1ccc(N=CC2C(=O)Nc3cccc(F)c32)cc1C(F)(F)F. The first-order valence-electron chi connectivity index (χ1n) is 9.34. The number of methoxy groups -OCH3 is 1. The Kier molecular flexibility index (Phi) is 6.40. The van der Waals surface area contributed by atoms with E-state index in [0.29, 0.717) is 18.8 Å². The molecular formula is C21H21F4N3O2. The predicted molar refractivity (Wildman–Crippen MR) is 107 cm³/mol. The van der Waals surface area contributed by atoms with Gasteiger partial charge in [0, 0.05) is 43.4 Å². The Morgan fingerprint density at radius 3 is 2.70 bits per heavy atom. The van der Waals surface area contributed by atoms with Crippen molar-refractivity contribution in [1.29, 1.82) is 0 Å². The number of alkyl halides is 3. The Labute approximate surface area is 171 Å². The summed E-state index contributed by atoms with van der Waals surface area (Å²) in [7, 11) is 1.48. The zero-order chi connectivity index (χ0) is 21.9. The Bertz CT molecular complexity index is 960. The normalized spacial score (nSPS) is 16.1. The van der Waals surface area contributed by atoms with Crippen LogP contribution in [0, 0.1) is 5.82 Å². The topological polar surface area (TPSA) is 53.9 Å². The lowest BCUT2D eigenvalue weighted by Gasteiger charge is -2.26.